The summed E-state index contributed by atoms with van der Waals surface area (Å²) in [6, 6.07) is 9.87. The van der Waals surface area contributed by atoms with Crippen molar-refractivity contribution in [3.8, 4) is 11.5 Å². The Morgan fingerprint density at radius 3 is 3.00 bits per heavy atom. The lowest BCUT2D eigenvalue weighted by atomic mass is 10.2. The lowest BCUT2D eigenvalue weighted by molar-refractivity contribution is 0.173. The molecular weight excluding hydrogens is 269 g/mol. The number of nitrogens with one attached hydrogen (secondary N) is 1. The zero-order chi connectivity index (χ0) is 13.2. The molecule has 0 fully saturated rings. The van der Waals surface area contributed by atoms with Gasteiger partial charge in [0.05, 0.1) is 10.7 Å². The van der Waals surface area contributed by atoms with E-state index in [1.54, 1.807) is 0 Å². The molecule has 98 valence electrons. The van der Waals surface area contributed by atoms with E-state index in [-0.39, 0.29) is 12.6 Å². The molecule has 0 aliphatic carbocycles. The molecule has 0 atom stereocenters. The highest BCUT2D eigenvalue weighted by molar-refractivity contribution is 6.33. The molecule has 19 heavy (non-hydrogen) atoms. The average Bonchev–Trinajstić information content (AvgIpc) is 2.88. The van der Waals surface area contributed by atoms with Crippen LogP contribution in [0, 0.1) is 5.82 Å². The molecule has 1 aliphatic rings. The number of hydrogen-bond donors (Lipinski definition) is 1. The van der Waals surface area contributed by atoms with Crippen LogP contribution < -0.4 is 14.8 Å². The predicted octanol–water partition coefficient (Wildman–Crippen LogP) is 3.82. The van der Waals surface area contributed by atoms with Gasteiger partial charge in [-0.05, 0) is 24.3 Å². The summed E-state index contributed by atoms with van der Waals surface area (Å²) in [4.78, 5) is 0. The van der Waals surface area contributed by atoms with E-state index < -0.39 is 0 Å². The van der Waals surface area contributed by atoms with Crippen LogP contribution in [-0.4, -0.2) is 6.79 Å². The topological polar surface area (TPSA) is 30.5 Å². The summed E-state index contributed by atoms with van der Waals surface area (Å²) >= 11 is 5.99. The van der Waals surface area contributed by atoms with Gasteiger partial charge in [0.15, 0.2) is 11.5 Å². The Labute approximate surface area is 114 Å². The lowest BCUT2D eigenvalue weighted by Gasteiger charge is -2.10. The van der Waals surface area contributed by atoms with Gasteiger partial charge in [0.1, 0.15) is 5.82 Å². The van der Waals surface area contributed by atoms with Crippen molar-refractivity contribution in [3.63, 3.8) is 0 Å². The van der Waals surface area contributed by atoms with E-state index in [9.17, 15) is 4.39 Å². The molecule has 5 heteroatoms. The van der Waals surface area contributed by atoms with Gasteiger partial charge >= 0.3 is 0 Å². The smallest absolute Gasteiger partial charge is 0.231 e. The van der Waals surface area contributed by atoms with E-state index in [4.69, 9.17) is 21.1 Å². The first-order valence-electron chi connectivity index (χ1n) is 5.80. The second kappa shape index (κ2) is 4.97. The first kappa shape index (κ1) is 12.1. The second-order valence-corrected chi connectivity index (χ2v) is 4.54. The maximum atomic E-state index is 13.1. The van der Waals surface area contributed by atoms with Crippen molar-refractivity contribution in [2.75, 3.05) is 12.1 Å². The van der Waals surface area contributed by atoms with Crippen LogP contribution in [0.3, 0.4) is 0 Å². The first-order chi connectivity index (χ1) is 9.24. The van der Waals surface area contributed by atoms with Gasteiger partial charge in [-0.15, -0.1) is 0 Å². The van der Waals surface area contributed by atoms with Crippen molar-refractivity contribution in [1.29, 1.82) is 0 Å². The van der Waals surface area contributed by atoms with Gasteiger partial charge in [0, 0.05) is 12.1 Å². The SMILES string of the molecule is Fc1ccc(Cl)c(NCc2cccc3c2OCO3)c1. The van der Waals surface area contributed by atoms with E-state index in [1.807, 2.05) is 18.2 Å². The highest BCUT2D eigenvalue weighted by atomic mass is 35.5. The number of rotatable bonds is 3. The molecule has 0 radical (unpaired) electrons. The monoisotopic (exact) mass is 279 g/mol. The summed E-state index contributed by atoms with van der Waals surface area (Å²) in [5.74, 6) is 1.12. The Hall–Kier alpha value is -1.94. The van der Waals surface area contributed by atoms with Gasteiger partial charge in [-0.25, -0.2) is 4.39 Å². The molecule has 3 nitrogen and oxygen atoms in total. The van der Waals surface area contributed by atoms with Crippen LogP contribution >= 0.6 is 11.6 Å². The summed E-state index contributed by atoms with van der Waals surface area (Å²) in [5.41, 5.74) is 1.49. The fourth-order valence-electron chi connectivity index (χ4n) is 1.95. The Morgan fingerprint density at radius 1 is 1.21 bits per heavy atom. The largest absolute Gasteiger partial charge is 0.454 e. The highest BCUT2D eigenvalue weighted by Crippen LogP contribution is 2.35. The van der Waals surface area contributed by atoms with Crippen molar-refractivity contribution in [3.05, 3.63) is 52.8 Å². The normalized spacial score (nSPS) is 12.5. The summed E-state index contributed by atoms with van der Waals surface area (Å²) < 4.78 is 23.8. The fourth-order valence-corrected chi connectivity index (χ4v) is 2.14. The van der Waals surface area contributed by atoms with Crippen LogP contribution in [-0.2, 0) is 6.54 Å². The van der Waals surface area contributed by atoms with E-state index >= 15 is 0 Å². The molecule has 0 aromatic heterocycles. The van der Waals surface area contributed by atoms with E-state index in [0.29, 0.717) is 17.3 Å². The Morgan fingerprint density at radius 2 is 2.11 bits per heavy atom. The predicted molar refractivity (Wildman–Crippen MR) is 71.3 cm³/mol. The number of benzene rings is 2. The summed E-state index contributed by atoms with van der Waals surface area (Å²) in [6.07, 6.45) is 0. The Balaban J connectivity index is 1.80. The van der Waals surface area contributed by atoms with E-state index in [1.165, 1.54) is 18.2 Å². The molecule has 0 unspecified atom stereocenters. The molecule has 0 amide bonds. The molecule has 0 spiro atoms. The van der Waals surface area contributed by atoms with Gasteiger partial charge in [-0.2, -0.15) is 0 Å². The number of hydrogen-bond acceptors (Lipinski definition) is 3. The summed E-state index contributed by atoms with van der Waals surface area (Å²) in [7, 11) is 0. The molecule has 1 heterocycles. The molecule has 0 saturated carbocycles. The zero-order valence-electron chi connectivity index (χ0n) is 9.95. The molecule has 2 aromatic rings. The molecule has 0 saturated heterocycles. The minimum absolute atomic E-state index is 0.229. The van der Waals surface area contributed by atoms with Gasteiger partial charge in [0.25, 0.3) is 0 Å². The van der Waals surface area contributed by atoms with E-state index in [2.05, 4.69) is 5.32 Å². The summed E-state index contributed by atoms with van der Waals surface area (Å²) in [5, 5.41) is 3.57. The van der Waals surface area contributed by atoms with Crippen LogP contribution in [0.4, 0.5) is 10.1 Å². The van der Waals surface area contributed by atoms with Gasteiger partial charge in [-0.1, -0.05) is 23.7 Å². The van der Waals surface area contributed by atoms with Crippen molar-refractivity contribution in [1.82, 2.24) is 0 Å². The summed E-state index contributed by atoms with van der Waals surface area (Å²) in [6.45, 7) is 0.711. The number of halogens is 2. The van der Waals surface area contributed by atoms with Crippen LogP contribution in [0.5, 0.6) is 11.5 Å². The fraction of sp³-hybridized carbons (Fsp3) is 0.143. The molecule has 3 rings (SSSR count). The maximum absolute atomic E-state index is 13.1. The minimum atomic E-state index is -0.329. The zero-order valence-corrected chi connectivity index (χ0v) is 10.7. The second-order valence-electron chi connectivity index (χ2n) is 4.13. The Bertz CT molecular complexity index is 618. The minimum Gasteiger partial charge on any atom is -0.454 e. The third-order valence-corrected chi connectivity index (χ3v) is 3.21. The van der Waals surface area contributed by atoms with Gasteiger partial charge in [0.2, 0.25) is 6.79 Å². The van der Waals surface area contributed by atoms with Crippen LogP contribution in [0.15, 0.2) is 36.4 Å². The van der Waals surface area contributed by atoms with Crippen molar-refractivity contribution < 1.29 is 13.9 Å². The average molecular weight is 280 g/mol. The Kier molecular flexibility index (Phi) is 3.17. The van der Waals surface area contributed by atoms with E-state index in [0.717, 1.165) is 17.1 Å². The molecule has 2 aromatic carbocycles. The number of anilines is 1. The van der Waals surface area contributed by atoms with Crippen molar-refractivity contribution >= 4 is 17.3 Å². The molecular formula is C14H11ClFNO2. The van der Waals surface area contributed by atoms with Crippen molar-refractivity contribution in [2.24, 2.45) is 0 Å². The van der Waals surface area contributed by atoms with Crippen LogP contribution in [0.25, 0.3) is 0 Å². The van der Waals surface area contributed by atoms with Crippen LogP contribution in [0.1, 0.15) is 5.56 Å². The lowest BCUT2D eigenvalue weighted by Crippen LogP contribution is -2.02. The number of ether oxygens (including phenoxy) is 2. The number of fused-ring (bicyclic) bond motifs is 1. The number of para-hydroxylation sites is 1. The van der Waals surface area contributed by atoms with Crippen LogP contribution in [0.2, 0.25) is 5.02 Å². The quantitative estimate of drug-likeness (QED) is 0.926. The molecule has 1 N–H and O–H groups in total. The van der Waals surface area contributed by atoms with Gasteiger partial charge in [-0.3, -0.25) is 0 Å². The third-order valence-electron chi connectivity index (χ3n) is 2.88. The molecule has 0 bridgehead atoms. The molecule has 1 aliphatic heterocycles. The standard InChI is InChI=1S/C14H11ClFNO2/c15-11-5-4-10(16)6-12(11)17-7-9-2-1-3-13-14(9)19-8-18-13/h1-6,17H,7-8H2. The van der Waals surface area contributed by atoms with Crippen molar-refractivity contribution in [2.45, 2.75) is 6.54 Å². The third kappa shape index (κ3) is 2.44. The maximum Gasteiger partial charge on any atom is 0.231 e. The highest BCUT2D eigenvalue weighted by Gasteiger charge is 2.16. The first-order valence-corrected chi connectivity index (χ1v) is 6.18. The van der Waals surface area contributed by atoms with Gasteiger partial charge < -0.3 is 14.8 Å².